The Kier molecular flexibility index (Phi) is 2.36. The van der Waals surface area contributed by atoms with E-state index in [0.29, 0.717) is 16.7 Å². The van der Waals surface area contributed by atoms with E-state index in [-0.39, 0.29) is 12.1 Å². The highest BCUT2D eigenvalue weighted by Gasteiger charge is 2.65. The highest BCUT2D eigenvalue weighted by molar-refractivity contribution is 5.92. The molecule has 0 bridgehead atoms. The first-order valence-electron chi connectivity index (χ1n) is 9.06. The molecule has 4 aliphatic carbocycles. The van der Waals surface area contributed by atoms with Crippen LogP contribution in [0.4, 0.5) is 0 Å². The molecule has 6 atom stereocenters. The smallest absolute Gasteiger partial charge is 0.334 e. The van der Waals surface area contributed by atoms with Gasteiger partial charge in [-0.25, -0.2) is 4.79 Å². The Morgan fingerprint density at radius 1 is 1.23 bits per heavy atom. The van der Waals surface area contributed by atoms with Crippen LogP contribution in [0.15, 0.2) is 22.8 Å². The van der Waals surface area contributed by atoms with Crippen LogP contribution in [0.25, 0.3) is 0 Å². The van der Waals surface area contributed by atoms with Gasteiger partial charge < -0.3 is 4.74 Å². The van der Waals surface area contributed by atoms with Crippen molar-refractivity contribution in [3.05, 3.63) is 22.8 Å². The van der Waals surface area contributed by atoms with Crippen molar-refractivity contribution in [2.24, 2.45) is 28.6 Å². The fraction of sp³-hybridized carbons (Fsp3) is 0.750. The van der Waals surface area contributed by atoms with Crippen LogP contribution in [0.1, 0.15) is 59.3 Å². The van der Waals surface area contributed by atoms with Gasteiger partial charge in [0.1, 0.15) is 6.10 Å². The van der Waals surface area contributed by atoms with Crippen molar-refractivity contribution < 1.29 is 9.53 Å². The summed E-state index contributed by atoms with van der Waals surface area (Å²) in [6, 6.07) is 0. The van der Waals surface area contributed by atoms with Crippen molar-refractivity contribution in [3.63, 3.8) is 0 Å². The fourth-order valence-electron chi connectivity index (χ4n) is 6.75. The van der Waals surface area contributed by atoms with Gasteiger partial charge >= 0.3 is 5.97 Å². The second-order valence-electron chi connectivity index (χ2n) is 9.02. The minimum absolute atomic E-state index is 0.0431. The monoisotopic (exact) mass is 298 g/mol. The lowest BCUT2D eigenvalue weighted by Gasteiger charge is -2.55. The lowest BCUT2D eigenvalue weighted by molar-refractivity contribution is -0.141. The van der Waals surface area contributed by atoms with E-state index in [2.05, 4.69) is 19.9 Å². The van der Waals surface area contributed by atoms with Gasteiger partial charge in [-0.3, -0.25) is 0 Å². The zero-order chi connectivity index (χ0) is 15.3. The average Bonchev–Trinajstić information content (AvgIpc) is 3.09. The summed E-state index contributed by atoms with van der Waals surface area (Å²) in [5, 5.41) is 0. The van der Waals surface area contributed by atoms with Crippen molar-refractivity contribution in [2.45, 2.75) is 65.4 Å². The SMILES string of the molecule is CC1=C2C=C3CC[C@@H]4[C@@]5(C)C[C@H]5CC[C@@]4(C)[C@@H]3C[C@H]2OC1=O. The Morgan fingerprint density at radius 2 is 2.05 bits per heavy atom. The molecule has 0 spiro atoms. The largest absolute Gasteiger partial charge is 0.454 e. The van der Waals surface area contributed by atoms with E-state index >= 15 is 0 Å². The van der Waals surface area contributed by atoms with Gasteiger partial charge in [0.15, 0.2) is 0 Å². The Morgan fingerprint density at radius 3 is 2.86 bits per heavy atom. The molecule has 0 aromatic rings. The number of hydrogen-bond donors (Lipinski definition) is 0. The van der Waals surface area contributed by atoms with Crippen LogP contribution in [0, 0.1) is 28.6 Å². The summed E-state index contributed by atoms with van der Waals surface area (Å²) in [5.41, 5.74) is 4.70. The van der Waals surface area contributed by atoms with Crippen LogP contribution in [-0.4, -0.2) is 12.1 Å². The number of allylic oxidation sites excluding steroid dienone is 1. The second-order valence-corrected chi connectivity index (χ2v) is 9.02. The zero-order valence-electron chi connectivity index (χ0n) is 13.9. The molecule has 5 rings (SSSR count). The molecule has 0 aromatic carbocycles. The predicted molar refractivity (Wildman–Crippen MR) is 85.0 cm³/mol. The van der Waals surface area contributed by atoms with E-state index in [0.717, 1.165) is 23.8 Å². The molecule has 0 saturated heterocycles. The van der Waals surface area contributed by atoms with Crippen molar-refractivity contribution in [2.75, 3.05) is 0 Å². The molecular weight excluding hydrogens is 272 g/mol. The second kappa shape index (κ2) is 3.88. The number of fused-ring (bicyclic) bond motifs is 6. The van der Waals surface area contributed by atoms with E-state index < -0.39 is 0 Å². The van der Waals surface area contributed by atoms with Gasteiger partial charge in [-0.1, -0.05) is 25.5 Å². The molecule has 0 unspecified atom stereocenters. The third-order valence-electron chi connectivity index (χ3n) is 8.17. The maximum absolute atomic E-state index is 11.9. The predicted octanol–water partition coefficient (Wildman–Crippen LogP) is 4.41. The summed E-state index contributed by atoms with van der Waals surface area (Å²) in [4.78, 5) is 11.9. The first-order valence-corrected chi connectivity index (χ1v) is 9.06. The molecule has 1 aliphatic heterocycles. The molecule has 2 heteroatoms. The Labute approximate surface area is 133 Å². The molecule has 2 nitrogen and oxygen atoms in total. The lowest BCUT2D eigenvalue weighted by atomic mass is 9.49. The molecule has 22 heavy (non-hydrogen) atoms. The van der Waals surface area contributed by atoms with Gasteiger partial charge in [-0.15, -0.1) is 0 Å². The molecule has 0 amide bonds. The van der Waals surface area contributed by atoms with Gasteiger partial charge in [0.05, 0.1) is 0 Å². The summed E-state index contributed by atoms with van der Waals surface area (Å²) in [5.74, 6) is 2.43. The van der Waals surface area contributed by atoms with Crippen molar-refractivity contribution in [3.8, 4) is 0 Å². The van der Waals surface area contributed by atoms with Crippen molar-refractivity contribution in [1.82, 2.24) is 0 Å². The normalized spacial score (nSPS) is 52.1. The maximum Gasteiger partial charge on any atom is 0.334 e. The summed E-state index contributed by atoms with van der Waals surface area (Å²) in [7, 11) is 0. The molecule has 118 valence electrons. The van der Waals surface area contributed by atoms with Crippen LogP contribution in [0.2, 0.25) is 0 Å². The number of esters is 1. The fourth-order valence-corrected chi connectivity index (χ4v) is 6.75. The van der Waals surface area contributed by atoms with Crippen LogP contribution < -0.4 is 0 Å². The zero-order valence-corrected chi connectivity index (χ0v) is 13.9. The highest BCUT2D eigenvalue weighted by atomic mass is 16.5. The van der Waals surface area contributed by atoms with Crippen LogP contribution in [0.5, 0.6) is 0 Å². The van der Waals surface area contributed by atoms with Crippen LogP contribution in [-0.2, 0) is 9.53 Å². The van der Waals surface area contributed by atoms with Gasteiger partial charge in [-0.05, 0) is 74.0 Å². The molecular formula is C20H26O2. The molecule has 5 aliphatic rings. The number of carbonyl (C=O) groups is 1. The van der Waals surface area contributed by atoms with E-state index in [4.69, 9.17) is 4.74 Å². The minimum Gasteiger partial charge on any atom is -0.454 e. The van der Waals surface area contributed by atoms with Crippen LogP contribution >= 0.6 is 0 Å². The number of hydrogen-bond acceptors (Lipinski definition) is 2. The lowest BCUT2D eigenvalue weighted by Crippen LogP contribution is -2.48. The quantitative estimate of drug-likeness (QED) is 0.619. The third kappa shape index (κ3) is 1.45. The minimum atomic E-state index is -0.0879. The van der Waals surface area contributed by atoms with E-state index in [1.54, 1.807) is 5.57 Å². The van der Waals surface area contributed by atoms with Crippen LogP contribution in [0.3, 0.4) is 0 Å². The first-order chi connectivity index (χ1) is 10.4. The maximum atomic E-state index is 11.9. The molecule has 0 N–H and O–H groups in total. The van der Waals surface area contributed by atoms with Crippen molar-refractivity contribution in [1.29, 1.82) is 0 Å². The van der Waals surface area contributed by atoms with E-state index in [1.165, 1.54) is 37.7 Å². The molecule has 3 fully saturated rings. The average molecular weight is 298 g/mol. The number of ether oxygens (including phenoxy) is 1. The van der Waals surface area contributed by atoms with E-state index in [1.807, 2.05) is 6.92 Å². The topological polar surface area (TPSA) is 26.3 Å². The summed E-state index contributed by atoms with van der Waals surface area (Å²) < 4.78 is 5.66. The summed E-state index contributed by atoms with van der Waals surface area (Å²) >= 11 is 0. The highest BCUT2D eigenvalue weighted by Crippen LogP contribution is 2.73. The first kappa shape index (κ1) is 13.4. The van der Waals surface area contributed by atoms with Gasteiger partial charge in [0, 0.05) is 11.1 Å². The molecule has 3 saturated carbocycles. The van der Waals surface area contributed by atoms with Gasteiger partial charge in [0.25, 0.3) is 0 Å². The molecule has 0 radical (unpaired) electrons. The Bertz CT molecular complexity index is 642. The summed E-state index contributed by atoms with van der Waals surface area (Å²) in [6.07, 6.45) is 10.3. The summed E-state index contributed by atoms with van der Waals surface area (Å²) in [6.45, 7) is 7.02. The Balaban J connectivity index is 1.56. The van der Waals surface area contributed by atoms with Gasteiger partial charge in [0.2, 0.25) is 0 Å². The van der Waals surface area contributed by atoms with E-state index in [9.17, 15) is 4.79 Å². The van der Waals surface area contributed by atoms with Gasteiger partial charge in [-0.2, -0.15) is 0 Å². The number of rotatable bonds is 0. The Hall–Kier alpha value is -1.05. The molecule has 1 heterocycles. The third-order valence-corrected chi connectivity index (χ3v) is 8.17. The standard InChI is InChI=1S/C20H26O2/c1-11-14-8-12-4-5-17-19(2,7-6-13-10-20(13,17)3)15(12)9-16(14)22-18(11)21/h8,13,15-17H,4-7,9-10H2,1-3H3/t13-,15-,16-,17+,19+,20+/m1/s1. The molecule has 0 aromatic heterocycles. The number of carbonyl (C=O) groups excluding carboxylic acids is 1. The van der Waals surface area contributed by atoms with Crippen molar-refractivity contribution >= 4 is 5.97 Å².